The minimum atomic E-state index is -4.62. The molecule has 0 amide bonds. The number of Topliss-reactive ketones (excluding diaryl/α,β-unsaturated/α-hetero) is 1. The smallest absolute Gasteiger partial charge is 0.294 e. The van der Waals surface area contributed by atoms with Gasteiger partial charge in [0.1, 0.15) is 5.41 Å². The van der Waals surface area contributed by atoms with E-state index in [1.54, 1.807) is 48.5 Å². The Hall–Kier alpha value is -3.06. The highest BCUT2D eigenvalue weighted by Crippen LogP contribution is 2.41. The van der Waals surface area contributed by atoms with Crippen LogP contribution in [0.1, 0.15) is 29.3 Å². The van der Waals surface area contributed by atoms with Crippen LogP contribution >= 0.6 is 0 Å². The zero-order valence-corrected chi connectivity index (χ0v) is 14.7. The van der Waals surface area contributed by atoms with E-state index < -0.39 is 23.8 Å². The van der Waals surface area contributed by atoms with Crippen LogP contribution in [0.15, 0.2) is 72.8 Å². The van der Waals surface area contributed by atoms with Crippen LogP contribution in [0.4, 0.5) is 13.2 Å². The molecular weight excluding hydrogens is 349 g/mol. The molecule has 4 heteroatoms. The van der Waals surface area contributed by atoms with Gasteiger partial charge >= 0.3 is 6.18 Å². The van der Waals surface area contributed by atoms with E-state index >= 15 is 0 Å². The van der Waals surface area contributed by atoms with Crippen LogP contribution in [0.2, 0.25) is 0 Å². The highest BCUT2D eigenvalue weighted by Gasteiger charge is 2.51. The van der Waals surface area contributed by atoms with E-state index in [-0.39, 0.29) is 5.56 Å². The van der Waals surface area contributed by atoms with E-state index in [0.717, 1.165) is 17.7 Å². The quantitative estimate of drug-likeness (QED) is 0.408. The summed E-state index contributed by atoms with van der Waals surface area (Å²) in [6, 6.07) is 20.8. The fourth-order valence-electron chi connectivity index (χ4n) is 2.73. The molecule has 0 spiro atoms. The van der Waals surface area contributed by atoms with E-state index in [1.807, 2.05) is 24.3 Å². The number of carbonyl (C=O) groups is 1. The maximum Gasteiger partial charge on any atom is 0.405 e. The Balaban J connectivity index is 1.91. The summed E-state index contributed by atoms with van der Waals surface area (Å²) < 4.78 is 41.0. The zero-order valence-electron chi connectivity index (χ0n) is 14.7. The minimum Gasteiger partial charge on any atom is -0.294 e. The summed E-state index contributed by atoms with van der Waals surface area (Å²) in [6.45, 7) is 0.974. The van der Waals surface area contributed by atoms with Crippen LogP contribution in [0.3, 0.4) is 0 Å². The van der Waals surface area contributed by atoms with Crippen molar-refractivity contribution in [2.24, 2.45) is 5.41 Å². The van der Waals surface area contributed by atoms with Gasteiger partial charge in [0.25, 0.3) is 0 Å². The number of fused-ring (bicyclic) bond motifs is 1. The number of hydrogen-bond donors (Lipinski definition) is 0. The molecule has 0 aliphatic rings. The van der Waals surface area contributed by atoms with E-state index in [4.69, 9.17) is 0 Å². The summed E-state index contributed by atoms with van der Waals surface area (Å²) in [6.07, 6.45) is -5.35. The first-order chi connectivity index (χ1) is 12.8. The molecule has 0 bridgehead atoms. The van der Waals surface area contributed by atoms with Gasteiger partial charge in [-0.3, -0.25) is 4.79 Å². The number of alkyl halides is 3. The van der Waals surface area contributed by atoms with Crippen molar-refractivity contribution in [1.29, 1.82) is 0 Å². The molecule has 1 atom stereocenters. The Morgan fingerprint density at radius 3 is 2.19 bits per heavy atom. The predicted octanol–water partition coefficient (Wildman–Crippen LogP) is 6.03. The van der Waals surface area contributed by atoms with E-state index in [0.29, 0.717) is 5.56 Å². The van der Waals surface area contributed by atoms with Crippen LogP contribution in [-0.4, -0.2) is 12.0 Å². The number of ketones is 1. The highest BCUT2D eigenvalue weighted by molar-refractivity contribution is 6.00. The Bertz CT molecular complexity index is 1030. The summed E-state index contributed by atoms with van der Waals surface area (Å²) in [5.41, 5.74) is -1.69. The van der Waals surface area contributed by atoms with Crippen molar-refractivity contribution in [3.63, 3.8) is 0 Å². The fourth-order valence-corrected chi connectivity index (χ4v) is 2.73. The third-order valence-electron chi connectivity index (χ3n) is 4.47. The highest BCUT2D eigenvalue weighted by atomic mass is 19.4. The minimum absolute atomic E-state index is 0.255. The van der Waals surface area contributed by atoms with Gasteiger partial charge in [0.05, 0.1) is 0 Å². The third kappa shape index (κ3) is 4.20. The largest absolute Gasteiger partial charge is 0.405 e. The predicted molar refractivity (Wildman–Crippen MR) is 100 cm³/mol. The molecule has 0 radical (unpaired) electrons. The first-order valence-electron chi connectivity index (χ1n) is 8.45. The molecular formula is C23H17F3O. The molecule has 3 aromatic rings. The van der Waals surface area contributed by atoms with Gasteiger partial charge in [-0.15, -0.1) is 0 Å². The summed E-state index contributed by atoms with van der Waals surface area (Å²) in [7, 11) is 0. The fraction of sp³-hybridized carbons (Fsp3) is 0.174. The zero-order chi connectivity index (χ0) is 19.5. The molecule has 0 saturated carbocycles. The maximum atomic E-state index is 13.7. The average molecular weight is 366 g/mol. The van der Waals surface area contributed by atoms with Crippen LogP contribution in [0.25, 0.3) is 10.8 Å². The van der Waals surface area contributed by atoms with Crippen LogP contribution in [0.5, 0.6) is 0 Å². The standard InChI is InChI=1S/C23H17F3O/c1-22(23(24,25)26,14-13-17-7-3-2-4-8-17)16-21(27)20-12-11-18-9-5-6-10-19(18)15-20/h2-12,15H,16H2,1H3/t22-/m1/s1. The lowest BCUT2D eigenvalue weighted by Gasteiger charge is -2.26. The molecule has 0 saturated heterocycles. The van der Waals surface area contributed by atoms with E-state index in [9.17, 15) is 18.0 Å². The summed E-state index contributed by atoms with van der Waals surface area (Å²) in [5.74, 6) is 4.27. The summed E-state index contributed by atoms with van der Waals surface area (Å²) in [4.78, 5) is 12.6. The molecule has 27 heavy (non-hydrogen) atoms. The van der Waals surface area contributed by atoms with Crippen molar-refractivity contribution in [2.75, 3.05) is 0 Å². The number of benzene rings is 3. The first kappa shape index (κ1) is 18.7. The van der Waals surface area contributed by atoms with Gasteiger partial charge < -0.3 is 0 Å². The van der Waals surface area contributed by atoms with Crippen molar-refractivity contribution in [1.82, 2.24) is 0 Å². The Kier molecular flexibility index (Phi) is 5.05. The molecule has 0 fully saturated rings. The lowest BCUT2D eigenvalue weighted by Crippen LogP contribution is -2.36. The molecule has 1 nitrogen and oxygen atoms in total. The summed E-state index contributed by atoms with van der Waals surface area (Å²) in [5, 5.41) is 1.74. The van der Waals surface area contributed by atoms with Crippen LogP contribution in [0, 0.1) is 17.3 Å². The first-order valence-corrected chi connectivity index (χ1v) is 8.45. The number of rotatable bonds is 3. The van der Waals surface area contributed by atoms with E-state index in [2.05, 4.69) is 11.8 Å². The SMILES string of the molecule is C[C@@](C#Cc1ccccc1)(CC(=O)c1ccc2ccccc2c1)C(F)(F)F. The van der Waals surface area contributed by atoms with E-state index in [1.165, 1.54) is 0 Å². The lowest BCUT2D eigenvalue weighted by molar-refractivity contribution is -0.195. The monoisotopic (exact) mass is 366 g/mol. The number of carbonyl (C=O) groups excluding carboxylic acids is 1. The maximum absolute atomic E-state index is 13.7. The van der Waals surface area contributed by atoms with Crippen molar-refractivity contribution in [3.8, 4) is 11.8 Å². The van der Waals surface area contributed by atoms with Gasteiger partial charge in [0.15, 0.2) is 5.78 Å². The van der Waals surface area contributed by atoms with Crippen LogP contribution in [-0.2, 0) is 0 Å². The van der Waals surface area contributed by atoms with Crippen LogP contribution < -0.4 is 0 Å². The normalized spacial score (nSPS) is 13.5. The Morgan fingerprint density at radius 1 is 0.889 bits per heavy atom. The molecule has 3 aromatic carbocycles. The van der Waals surface area contributed by atoms with Gasteiger partial charge in [0.2, 0.25) is 0 Å². The van der Waals surface area contributed by atoms with Crippen molar-refractivity contribution in [3.05, 3.63) is 83.9 Å². The van der Waals surface area contributed by atoms with Gasteiger partial charge in [-0.1, -0.05) is 66.4 Å². The Labute approximate surface area is 155 Å². The average Bonchev–Trinajstić information content (AvgIpc) is 2.66. The second kappa shape index (κ2) is 7.28. The van der Waals surface area contributed by atoms with Crippen molar-refractivity contribution in [2.45, 2.75) is 19.5 Å². The molecule has 3 rings (SSSR count). The molecule has 0 N–H and O–H groups in total. The molecule has 136 valence electrons. The van der Waals surface area contributed by atoms with Crippen molar-refractivity contribution >= 4 is 16.6 Å². The molecule has 0 aliphatic heterocycles. The van der Waals surface area contributed by atoms with Gasteiger partial charge in [-0.25, -0.2) is 0 Å². The van der Waals surface area contributed by atoms with Gasteiger partial charge in [-0.05, 0) is 35.9 Å². The number of hydrogen-bond acceptors (Lipinski definition) is 1. The second-order valence-electron chi connectivity index (χ2n) is 6.61. The second-order valence-corrected chi connectivity index (χ2v) is 6.61. The molecule has 0 heterocycles. The third-order valence-corrected chi connectivity index (χ3v) is 4.47. The summed E-state index contributed by atoms with van der Waals surface area (Å²) >= 11 is 0. The molecule has 0 unspecified atom stereocenters. The van der Waals surface area contributed by atoms with Gasteiger partial charge in [-0.2, -0.15) is 13.2 Å². The van der Waals surface area contributed by atoms with Gasteiger partial charge in [0, 0.05) is 17.5 Å². The molecule has 0 aromatic heterocycles. The topological polar surface area (TPSA) is 17.1 Å². The van der Waals surface area contributed by atoms with Crippen molar-refractivity contribution < 1.29 is 18.0 Å². The lowest BCUT2D eigenvalue weighted by atomic mass is 9.82. The Morgan fingerprint density at radius 2 is 1.52 bits per heavy atom. The molecule has 0 aliphatic carbocycles. The number of halogens is 3.